The molecule has 1 aliphatic heterocycles. The molecule has 1 amide bonds. The molecule has 1 heterocycles. The average Bonchev–Trinajstić information content (AvgIpc) is 2.21. The Labute approximate surface area is 46.5 Å². The number of nitrogens with two attached hydrogens (primary N) is 1. The van der Waals surface area contributed by atoms with Crippen molar-refractivity contribution in [1.82, 2.24) is 0 Å². The Morgan fingerprint density at radius 3 is 2.43 bits per heavy atom. The van der Waals surface area contributed by atoms with Crippen molar-refractivity contribution in [1.29, 1.82) is 0 Å². The minimum atomic E-state index is -0.194. The maximum Gasteiger partial charge on any atom is 0.234 e. The number of carbonyl (C=O) groups is 1. The summed E-state index contributed by atoms with van der Waals surface area (Å²) in [7, 11) is 0. The topological polar surface area (TPSA) is 43.1 Å². The van der Waals surface area contributed by atoms with Crippen molar-refractivity contribution >= 4 is 17.7 Å². The molecule has 1 rings (SSSR count). The Hall–Kier alpha value is -0.180. The van der Waals surface area contributed by atoms with Gasteiger partial charge < -0.3 is 5.73 Å². The quantitative estimate of drug-likeness (QED) is 0.490. The second-order valence-corrected chi connectivity index (χ2v) is 3.36. The van der Waals surface area contributed by atoms with E-state index in [9.17, 15) is 4.79 Å². The number of hydrogen-bond donors (Lipinski definition) is 1. The molecule has 2 nitrogen and oxygen atoms in total. The predicted molar refractivity (Wildman–Crippen MR) is 30.1 cm³/mol. The van der Waals surface area contributed by atoms with Crippen LogP contribution in [-0.4, -0.2) is 16.4 Å². The number of thioether (sulfide) groups is 1. The lowest BCUT2D eigenvalue weighted by molar-refractivity contribution is -0.118. The van der Waals surface area contributed by atoms with Gasteiger partial charge in [0.25, 0.3) is 0 Å². The lowest BCUT2D eigenvalue weighted by Crippen LogP contribution is -2.27. The summed E-state index contributed by atoms with van der Waals surface area (Å²) in [6.45, 7) is 1.86. The van der Waals surface area contributed by atoms with Gasteiger partial charge >= 0.3 is 0 Å². The third kappa shape index (κ3) is 0.725. The third-order valence-electron chi connectivity index (χ3n) is 1.10. The number of hydrogen-bond acceptors (Lipinski definition) is 2. The molecule has 1 aliphatic rings. The van der Waals surface area contributed by atoms with E-state index in [4.69, 9.17) is 5.73 Å². The van der Waals surface area contributed by atoms with Gasteiger partial charge in [-0.2, -0.15) is 0 Å². The van der Waals surface area contributed by atoms with Crippen LogP contribution >= 0.6 is 11.8 Å². The summed E-state index contributed by atoms with van der Waals surface area (Å²) in [6.07, 6.45) is 0. The first-order valence-corrected chi connectivity index (χ1v) is 3.07. The van der Waals surface area contributed by atoms with Crippen LogP contribution in [0.15, 0.2) is 0 Å². The molecule has 2 N–H and O–H groups in total. The highest BCUT2D eigenvalue weighted by molar-refractivity contribution is 8.08. The maximum atomic E-state index is 10.3. The van der Waals surface area contributed by atoms with Gasteiger partial charge in [-0.1, -0.05) is 0 Å². The van der Waals surface area contributed by atoms with Gasteiger partial charge in [0.05, 0.1) is 0 Å². The minimum absolute atomic E-state index is 0.183. The van der Waals surface area contributed by atoms with E-state index in [0.717, 1.165) is 5.75 Å². The molecule has 0 aromatic carbocycles. The summed E-state index contributed by atoms with van der Waals surface area (Å²) < 4.78 is -0.194. The lowest BCUT2D eigenvalue weighted by atomic mass is 10.2. The van der Waals surface area contributed by atoms with Crippen LogP contribution < -0.4 is 5.73 Å². The van der Waals surface area contributed by atoms with Crippen molar-refractivity contribution in [2.45, 2.75) is 11.7 Å². The lowest BCUT2D eigenvalue weighted by Gasteiger charge is -1.94. The van der Waals surface area contributed by atoms with Crippen molar-refractivity contribution in [3.63, 3.8) is 0 Å². The molecule has 0 saturated carbocycles. The zero-order valence-corrected chi connectivity index (χ0v) is 4.92. The first-order valence-electron chi connectivity index (χ1n) is 2.09. The predicted octanol–water partition coefficient (Wildman–Crippen LogP) is -0.0228. The number of amides is 1. The SMILES string of the molecule is CC1(C(N)=O)CS1. The third-order valence-corrected chi connectivity index (χ3v) is 2.45. The fourth-order valence-electron chi connectivity index (χ4n) is 0.251. The van der Waals surface area contributed by atoms with Crippen molar-refractivity contribution < 1.29 is 4.79 Å². The molecular formula is C4H7NOS. The van der Waals surface area contributed by atoms with Gasteiger partial charge in [0, 0.05) is 5.75 Å². The van der Waals surface area contributed by atoms with E-state index in [1.807, 2.05) is 6.92 Å². The van der Waals surface area contributed by atoms with Crippen molar-refractivity contribution in [2.24, 2.45) is 5.73 Å². The molecule has 0 radical (unpaired) electrons. The van der Waals surface area contributed by atoms with E-state index in [1.165, 1.54) is 0 Å². The highest BCUT2D eigenvalue weighted by atomic mass is 32.2. The monoisotopic (exact) mass is 117 g/mol. The van der Waals surface area contributed by atoms with Gasteiger partial charge in [0.15, 0.2) is 0 Å². The van der Waals surface area contributed by atoms with Crippen LogP contribution in [0, 0.1) is 0 Å². The standard InChI is InChI=1S/C4H7NOS/c1-4(2-7-4)3(5)6/h2H2,1H3,(H2,5,6). The molecule has 1 fully saturated rings. The van der Waals surface area contributed by atoms with Crippen LogP contribution in [0.25, 0.3) is 0 Å². The highest BCUT2D eigenvalue weighted by Gasteiger charge is 2.44. The van der Waals surface area contributed by atoms with Gasteiger partial charge in [-0.3, -0.25) is 4.79 Å². The molecule has 0 aromatic heterocycles. The molecule has 7 heavy (non-hydrogen) atoms. The van der Waals surface area contributed by atoms with E-state index in [2.05, 4.69) is 0 Å². The van der Waals surface area contributed by atoms with Gasteiger partial charge in [0.2, 0.25) is 5.91 Å². The van der Waals surface area contributed by atoms with Gasteiger partial charge in [0.1, 0.15) is 4.75 Å². The summed E-state index contributed by atoms with van der Waals surface area (Å²) in [5.41, 5.74) is 4.97. The van der Waals surface area contributed by atoms with Crippen molar-refractivity contribution in [3.05, 3.63) is 0 Å². The first kappa shape index (κ1) is 4.97. The van der Waals surface area contributed by atoms with E-state index in [1.54, 1.807) is 11.8 Å². The van der Waals surface area contributed by atoms with Crippen molar-refractivity contribution in [2.75, 3.05) is 5.75 Å². The van der Waals surface area contributed by atoms with E-state index in [-0.39, 0.29) is 10.7 Å². The summed E-state index contributed by atoms with van der Waals surface area (Å²) in [5.74, 6) is 0.722. The van der Waals surface area contributed by atoms with E-state index < -0.39 is 0 Å². The molecule has 0 aliphatic carbocycles. The molecule has 3 heteroatoms. The molecule has 0 spiro atoms. The maximum absolute atomic E-state index is 10.3. The zero-order chi connectivity index (χ0) is 5.49. The van der Waals surface area contributed by atoms with Gasteiger partial charge in [-0.05, 0) is 6.92 Å². The molecular weight excluding hydrogens is 110 g/mol. The van der Waals surface area contributed by atoms with E-state index >= 15 is 0 Å². The Bertz CT molecular complexity index is 108. The zero-order valence-electron chi connectivity index (χ0n) is 4.10. The summed E-state index contributed by atoms with van der Waals surface area (Å²) >= 11 is 1.60. The number of carbonyl (C=O) groups excluding carboxylic acids is 1. The van der Waals surface area contributed by atoms with E-state index in [0.29, 0.717) is 0 Å². The average molecular weight is 117 g/mol. The minimum Gasteiger partial charge on any atom is -0.368 e. The largest absolute Gasteiger partial charge is 0.368 e. The normalized spacial score (nSPS) is 37.9. The van der Waals surface area contributed by atoms with Crippen molar-refractivity contribution in [3.8, 4) is 0 Å². The summed E-state index contributed by atoms with van der Waals surface area (Å²) in [6, 6.07) is 0. The van der Waals surface area contributed by atoms with Crippen LogP contribution in [0.1, 0.15) is 6.92 Å². The number of rotatable bonds is 1. The second-order valence-electron chi connectivity index (χ2n) is 1.88. The Kier molecular flexibility index (Phi) is 0.819. The molecule has 40 valence electrons. The van der Waals surface area contributed by atoms with Crippen LogP contribution in [-0.2, 0) is 4.79 Å². The fourth-order valence-corrected chi connectivity index (χ4v) is 0.752. The smallest absolute Gasteiger partial charge is 0.234 e. The highest BCUT2D eigenvalue weighted by Crippen LogP contribution is 2.43. The first-order chi connectivity index (χ1) is 3.15. The number of primary amides is 1. The van der Waals surface area contributed by atoms with Crippen LogP contribution in [0.5, 0.6) is 0 Å². The molecule has 1 atom stereocenters. The Morgan fingerprint density at radius 2 is 2.43 bits per heavy atom. The Balaban J connectivity index is 2.55. The fraction of sp³-hybridized carbons (Fsp3) is 0.750. The Morgan fingerprint density at radius 1 is 2.00 bits per heavy atom. The second kappa shape index (κ2) is 1.15. The van der Waals surface area contributed by atoms with Crippen LogP contribution in [0.2, 0.25) is 0 Å². The van der Waals surface area contributed by atoms with Crippen LogP contribution in [0.3, 0.4) is 0 Å². The summed E-state index contributed by atoms with van der Waals surface area (Å²) in [5, 5.41) is 0. The van der Waals surface area contributed by atoms with Gasteiger partial charge in [-0.15, -0.1) is 11.8 Å². The molecule has 1 saturated heterocycles. The summed E-state index contributed by atoms with van der Waals surface area (Å²) in [4.78, 5) is 10.3. The molecule has 0 aromatic rings. The molecule has 1 unspecified atom stereocenters. The van der Waals surface area contributed by atoms with Crippen LogP contribution in [0.4, 0.5) is 0 Å². The van der Waals surface area contributed by atoms with Gasteiger partial charge in [-0.25, -0.2) is 0 Å². The molecule has 0 bridgehead atoms.